The molecule has 0 aliphatic carbocycles. The van der Waals surface area contributed by atoms with E-state index in [9.17, 15) is 4.79 Å². The lowest BCUT2D eigenvalue weighted by Gasteiger charge is -2.26. The summed E-state index contributed by atoms with van der Waals surface area (Å²) in [5.41, 5.74) is 0. The fraction of sp³-hybridized carbons (Fsp3) is 0.421. The molecule has 1 aromatic heterocycles. The Labute approximate surface area is 147 Å². The molecule has 2 atom stereocenters. The van der Waals surface area contributed by atoms with E-state index in [1.54, 1.807) is 18.0 Å². The molecule has 1 aliphatic rings. The fourth-order valence-electron chi connectivity index (χ4n) is 3.04. The summed E-state index contributed by atoms with van der Waals surface area (Å²) < 4.78 is 5.60. The van der Waals surface area contributed by atoms with E-state index in [0.717, 1.165) is 23.7 Å². The van der Waals surface area contributed by atoms with Gasteiger partial charge in [0, 0.05) is 11.4 Å². The highest BCUT2D eigenvalue weighted by Gasteiger charge is 2.26. The van der Waals surface area contributed by atoms with Crippen LogP contribution in [0.2, 0.25) is 0 Å². The van der Waals surface area contributed by atoms with Gasteiger partial charge < -0.3 is 9.73 Å². The number of hydrogen-bond acceptors (Lipinski definition) is 4. The minimum Gasteiger partial charge on any atom is -0.468 e. The van der Waals surface area contributed by atoms with Gasteiger partial charge in [-0.25, -0.2) is 0 Å². The van der Waals surface area contributed by atoms with Gasteiger partial charge in [0.1, 0.15) is 5.76 Å². The number of carbonyl (C=O) groups excluding carboxylic acids is 1. The molecule has 0 bridgehead atoms. The van der Waals surface area contributed by atoms with E-state index in [1.165, 1.54) is 12.8 Å². The molecule has 2 unspecified atom stereocenters. The Morgan fingerprint density at radius 1 is 1.21 bits per heavy atom. The quantitative estimate of drug-likeness (QED) is 0.778. The van der Waals surface area contributed by atoms with Gasteiger partial charge in [-0.2, -0.15) is 0 Å². The van der Waals surface area contributed by atoms with E-state index in [2.05, 4.69) is 10.2 Å². The first-order chi connectivity index (χ1) is 11.7. The maximum Gasteiger partial charge on any atom is 0.233 e. The van der Waals surface area contributed by atoms with Crippen LogP contribution in [0.3, 0.4) is 0 Å². The Kier molecular flexibility index (Phi) is 5.99. The smallest absolute Gasteiger partial charge is 0.233 e. The molecule has 5 heteroatoms. The summed E-state index contributed by atoms with van der Waals surface area (Å²) in [5, 5.41) is 2.98. The number of amides is 1. The summed E-state index contributed by atoms with van der Waals surface area (Å²) in [6, 6.07) is 14.1. The second-order valence-corrected chi connectivity index (χ2v) is 7.51. The molecule has 1 fully saturated rings. The molecular formula is C19H24N2O2S. The van der Waals surface area contributed by atoms with Gasteiger partial charge in [-0.05, 0) is 57.1 Å². The predicted octanol–water partition coefficient (Wildman–Crippen LogP) is 3.71. The Morgan fingerprint density at radius 3 is 2.62 bits per heavy atom. The van der Waals surface area contributed by atoms with Gasteiger partial charge >= 0.3 is 0 Å². The zero-order valence-corrected chi connectivity index (χ0v) is 14.8. The van der Waals surface area contributed by atoms with Crippen LogP contribution in [0.15, 0.2) is 58.0 Å². The third kappa shape index (κ3) is 4.42. The van der Waals surface area contributed by atoms with Crippen LogP contribution in [0.25, 0.3) is 0 Å². The van der Waals surface area contributed by atoms with Crippen molar-refractivity contribution in [1.29, 1.82) is 0 Å². The highest BCUT2D eigenvalue weighted by Crippen LogP contribution is 2.26. The van der Waals surface area contributed by atoms with E-state index >= 15 is 0 Å². The maximum atomic E-state index is 12.5. The van der Waals surface area contributed by atoms with Crippen LogP contribution in [-0.2, 0) is 4.79 Å². The van der Waals surface area contributed by atoms with E-state index in [0.29, 0.717) is 6.54 Å². The van der Waals surface area contributed by atoms with E-state index in [1.807, 2.05) is 49.4 Å². The fourth-order valence-corrected chi connectivity index (χ4v) is 3.95. The number of benzene rings is 1. The first-order valence-electron chi connectivity index (χ1n) is 8.51. The number of nitrogens with zero attached hydrogens (tertiary/aromatic N) is 1. The molecule has 3 rings (SSSR count). The Hall–Kier alpha value is -1.72. The van der Waals surface area contributed by atoms with Gasteiger partial charge in [0.25, 0.3) is 0 Å². The van der Waals surface area contributed by atoms with Crippen LogP contribution in [0.4, 0.5) is 0 Å². The molecule has 0 radical (unpaired) electrons. The van der Waals surface area contributed by atoms with Crippen LogP contribution in [0.1, 0.15) is 31.6 Å². The average Bonchev–Trinajstić information content (AvgIpc) is 3.30. The number of likely N-dealkylation sites (tertiary alicyclic amines) is 1. The van der Waals surface area contributed by atoms with Crippen molar-refractivity contribution in [2.24, 2.45) is 0 Å². The summed E-state index contributed by atoms with van der Waals surface area (Å²) >= 11 is 1.58. The third-order valence-electron chi connectivity index (χ3n) is 4.35. The number of thioether (sulfide) groups is 1. The topological polar surface area (TPSA) is 45.5 Å². The summed E-state index contributed by atoms with van der Waals surface area (Å²) in [5.74, 6) is 1.00. The third-order valence-corrected chi connectivity index (χ3v) is 5.46. The number of rotatable bonds is 7. The number of nitrogens with one attached hydrogen (secondary N) is 1. The van der Waals surface area contributed by atoms with Crippen molar-refractivity contribution in [2.75, 3.05) is 19.6 Å². The van der Waals surface area contributed by atoms with Crippen molar-refractivity contribution in [3.05, 3.63) is 54.5 Å². The van der Waals surface area contributed by atoms with Gasteiger partial charge in [-0.15, -0.1) is 11.8 Å². The van der Waals surface area contributed by atoms with Crippen LogP contribution < -0.4 is 5.32 Å². The van der Waals surface area contributed by atoms with Gasteiger partial charge in [0.15, 0.2) is 0 Å². The molecule has 1 amide bonds. The monoisotopic (exact) mass is 344 g/mol. The second kappa shape index (κ2) is 8.40. The molecule has 1 aliphatic heterocycles. The van der Waals surface area contributed by atoms with Crippen molar-refractivity contribution < 1.29 is 9.21 Å². The number of hydrogen-bond donors (Lipinski definition) is 1. The van der Waals surface area contributed by atoms with Crippen molar-refractivity contribution >= 4 is 17.7 Å². The van der Waals surface area contributed by atoms with Crippen LogP contribution in [0.5, 0.6) is 0 Å². The maximum absolute atomic E-state index is 12.5. The van der Waals surface area contributed by atoms with Crippen molar-refractivity contribution in [1.82, 2.24) is 10.2 Å². The summed E-state index contributed by atoms with van der Waals surface area (Å²) in [6.07, 6.45) is 4.13. The summed E-state index contributed by atoms with van der Waals surface area (Å²) in [4.78, 5) is 16.0. The second-order valence-electron chi connectivity index (χ2n) is 6.09. The van der Waals surface area contributed by atoms with Crippen molar-refractivity contribution in [3.63, 3.8) is 0 Å². The van der Waals surface area contributed by atoms with Crippen molar-refractivity contribution in [3.8, 4) is 0 Å². The molecular weight excluding hydrogens is 320 g/mol. The highest BCUT2D eigenvalue weighted by molar-refractivity contribution is 8.00. The molecule has 1 aromatic carbocycles. The first-order valence-corrected chi connectivity index (χ1v) is 9.39. The highest BCUT2D eigenvalue weighted by atomic mass is 32.2. The molecule has 24 heavy (non-hydrogen) atoms. The van der Waals surface area contributed by atoms with E-state index in [4.69, 9.17) is 4.42 Å². The first kappa shape index (κ1) is 17.1. The van der Waals surface area contributed by atoms with Crippen LogP contribution >= 0.6 is 11.8 Å². The lowest BCUT2D eigenvalue weighted by Crippen LogP contribution is -2.39. The molecule has 2 heterocycles. The molecule has 1 saturated heterocycles. The minimum absolute atomic E-state index is 0.0691. The molecule has 1 N–H and O–H groups in total. The number of furan rings is 1. The lowest BCUT2D eigenvalue weighted by atomic mass is 10.2. The normalized spacial score (nSPS) is 17.5. The van der Waals surface area contributed by atoms with Crippen molar-refractivity contribution in [2.45, 2.75) is 36.0 Å². The summed E-state index contributed by atoms with van der Waals surface area (Å²) in [7, 11) is 0. The zero-order chi connectivity index (χ0) is 16.8. The molecule has 0 spiro atoms. The van der Waals surface area contributed by atoms with Gasteiger partial charge in [0.2, 0.25) is 5.91 Å². The van der Waals surface area contributed by atoms with Crippen LogP contribution in [0, 0.1) is 0 Å². The summed E-state index contributed by atoms with van der Waals surface area (Å²) in [6.45, 7) is 4.67. The molecule has 4 nitrogen and oxygen atoms in total. The zero-order valence-electron chi connectivity index (χ0n) is 14.0. The Bertz CT molecular complexity index is 624. The number of carbonyl (C=O) groups is 1. The van der Waals surface area contributed by atoms with Gasteiger partial charge in [0.05, 0.1) is 17.6 Å². The van der Waals surface area contributed by atoms with E-state index in [-0.39, 0.29) is 17.2 Å². The van der Waals surface area contributed by atoms with Gasteiger partial charge in [-0.1, -0.05) is 18.2 Å². The molecule has 2 aromatic rings. The predicted molar refractivity (Wildman–Crippen MR) is 97.0 cm³/mol. The average molecular weight is 344 g/mol. The minimum atomic E-state index is -0.122. The molecule has 128 valence electrons. The Balaban J connectivity index is 1.56. The molecule has 0 saturated carbocycles. The van der Waals surface area contributed by atoms with Gasteiger partial charge in [-0.3, -0.25) is 9.69 Å². The SMILES string of the molecule is CC(Sc1ccccc1)C(=O)NCC(c1ccco1)N1CCCC1. The van der Waals surface area contributed by atoms with E-state index < -0.39 is 0 Å². The lowest BCUT2D eigenvalue weighted by molar-refractivity contribution is -0.120. The Morgan fingerprint density at radius 2 is 1.96 bits per heavy atom. The largest absolute Gasteiger partial charge is 0.468 e. The van der Waals surface area contributed by atoms with Crippen LogP contribution in [-0.4, -0.2) is 35.7 Å². The standard InChI is InChI=1S/C19H24N2O2S/c1-15(24-16-8-3-2-4-9-16)19(22)20-14-17(18-10-7-13-23-18)21-11-5-6-12-21/h2-4,7-10,13,15,17H,5-6,11-12,14H2,1H3,(H,20,22).